The van der Waals surface area contributed by atoms with Crippen molar-refractivity contribution in [3.05, 3.63) is 12.0 Å². The maximum atomic E-state index is 10.1. The topological polar surface area (TPSA) is 32.3 Å². The van der Waals surface area contributed by atoms with Crippen LogP contribution < -0.4 is 24.0 Å². The van der Waals surface area contributed by atoms with Crippen molar-refractivity contribution in [2.45, 2.75) is 13.8 Å². The van der Waals surface area contributed by atoms with Crippen LogP contribution in [0.5, 0.6) is 0 Å². The molecule has 0 spiro atoms. The van der Waals surface area contributed by atoms with Gasteiger partial charge in [0.05, 0.1) is 0 Å². The van der Waals surface area contributed by atoms with Crippen LogP contribution in [0.4, 0.5) is 0 Å². The van der Waals surface area contributed by atoms with E-state index in [1.54, 1.807) is 13.8 Å². The first kappa shape index (κ1) is 10.8. The Bertz CT molecular complexity index is 70.8. The average Bonchev–Trinajstić information content (AvgIpc) is 1.68. The Hall–Kier alpha value is -0.0626. The fourth-order valence-electron chi connectivity index (χ4n) is 0.226. The summed E-state index contributed by atoms with van der Waals surface area (Å²) in [7, 11) is 0. The van der Waals surface area contributed by atoms with Crippen LogP contribution in [0.15, 0.2) is 12.0 Å². The van der Waals surface area contributed by atoms with Gasteiger partial charge in [-0.05, 0) is 13.5 Å². The van der Waals surface area contributed by atoms with E-state index in [4.69, 9.17) is 0 Å². The number of ether oxygens (including phenoxy) is 1. The molecule has 0 aromatic carbocycles. The minimum Gasteiger partial charge on any atom is -0.614 e. The molecule has 0 atom stereocenters. The summed E-state index contributed by atoms with van der Waals surface area (Å²) in [4.78, 5) is 0. The molecule has 0 heterocycles. The first-order valence-electron chi connectivity index (χ1n) is 2.27. The van der Waals surface area contributed by atoms with Crippen LogP contribution in [0.1, 0.15) is 13.8 Å². The van der Waals surface area contributed by atoms with Crippen molar-refractivity contribution in [3.8, 4) is 0 Å². The Morgan fingerprint density at radius 3 is 2.38 bits per heavy atom. The van der Waals surface area contributed by atoms with Crippen molar-refractivity contribution < 1.29 is 28.7 Å². The van der Waals surface area contributed by atoms with E-state index >= 15 is 0 Å². The summed E-state index contributed by atoms with van der Waals surface area (Å²) in [5.41, 5.74) is 0. The first-order valence-corrected chi connectivity index (χ1v) is 2.27. The second-order valence-corrected chi connectivity index (χ2v) is 1.04. The quantitative estimate of drug-likeness (QED) is 0.284. The third-order valence-corrected chi connectivity index (χ3v) is 0.522. The maximum Gasteiger partial charge on any atom is 1.00 e. The van der Waals surface area contributed by atoms with Crippen LogP contribution in [-0.4, -0.2) is 6.61 Å². The van der Waals surface area contributed by atoms with Crippen molar-refractivity contribution in [3.63, 3.8) is 0 Å². The van der Waals surface area contributed by atoms with E-state index in [0.717, 1.165) is 0 Å². The molecular formula is C5H9LiO2. The summed E-state index contributed by atoms with van der Waals surface area (Å²) in [6.45, 7) is 3.89. The molecule has 0 saturated carbocycles. The number of hydrogen-bond donors (Lipinski definition) is 0. The Balaban J connectivity index is 0. The van der Waals surface area contributed by atoms with Gasteiger partial charge in [0, 0.05) is 5.95 Å². The maximum absolute atomic E-state index is 10.1. The van der Waals surface area contributed by atoms with Crippen molar-refractivity contribution in [1.82, 2.24) is 0 Å². The van der Waals surface area contributed by atoms with Crippen LogP contribution in [0.2, 0.25) is 0 Å². The van der Waals surface area contributed by atoms with Crippen molar-refractivity contribution in [2.24, 2.45) is 0 Å². The van der Waals surface area contributed by atoms with E-state index in [9.17, 15) is 5.11 Å². The van der Waals surface area contributed by atoms with Crippen LogP contribution in [0, 0.1) is 0 Å². The Morgan fingerprint density at radius 1 is 1.75 bits per heavy atom. The van der Waals surface area contributed by atoms with Gasteiger partial charge >= 0.3 is 18.9 Å². The van der Waals surface area contributed by atoms with Gasteiger partial charge in [-0.2, -0.15) is 0 Å². The standard InChI is InChI=1S/C5H10O2.Li/c1-3-5(6)7-4-2;/h3,6H,4H2,1-2H3;/q;+1/p-1. The Kier molecular flexibility index (Phi) is 9.40. The molecule has 0 aromatic heterocycles. The molecule has 0 aliphatic carbocycles. The molecular weight excluding hydrogens is 99.0 g/mol. The van der Waals surface area contributed by atoms with Gasteiger partial charge in [-0.25, -0.2) is 0 Å². The average molecular weight is 108 g/mol. The molecule has 42 valence electrons. The van der Waals surface area contributed by atoms with E-state index in [2.05, 4.69) is 4.74 Å². The van der Waals surface area contributed by atoms with Gasteiger partial charge in [-0.3, -0.25) is 0 Å². The van der Waals surface area contributed by atoms with Gasteiger partial charge in [0.2, 0.25) is 0 Å². The zero-order valence-corrected chi connectivity index (χ0v) is 5.60. The molecule has 0 aliphatic rings. The fraction of sp³-hybridized carbons (Fsp3) is 0.600. The predicted octanol–water partition coefficient (Wildman–Crippen LogP) is -2.75. The third-order valence-electron chi connectivity index (χ3n) is 0.522. The number of hydrogen-bond acceptors (Lipinski definition) is 2. The molecule has 0 aliphatic heterocycles. The fourth-order valence-corrected chi connectivity index (χ4v) is 0.226. The van der Waals surface area contributed by atoms with E-state index in [0.29, 0.717) is 6.61 Å². The van der Waals surface area contributed by atoms with Gasteiger partial charge in [-0.15, -0.1) is 0 Å². The van der Waals surface area contributed by atoms with Crippen molar-refractivity contribution >= 4 is 0 Å². The summed E-state index contributed by atoms with van der Waals surface area (Å²) in [5.74, 6) is -0.248. The molecule has 0 fully saturated rings. The summed E-state index contributed by atoms with van der Waals surface area (Å²) in [6.07, 6.45) is 1.39. The number of rotatable bonds is 2. The van der Waals surface area contributed by atoms with Gasteiger partial charge in [-0.1, -0.05) is 13.0 Å². The van der Waals surface area contributed by atoms with E-state index in [-0.39, 0.29) is 24.8 Å². The van der Waals surface area contributed by atoms with Crippen LogP contribution >= 0.6 is 0 Å². The van der Waals surface area contributed by atoms with E-state index < -0.39 is 0 Å². The van der Waals surface area contributed by atoms with Crippen LogP contribution in [-0.2, 0) is 4.74 Å². The predicted molar refractivity (Wildman–Crippen MR) is 25.4 cm³/mol. The minimum atomic E-state index is -0.248. The van der Waals surface area contributed by atoms with Gasteiger partial charge in [0.15, 0.2) is 0 Å². The number of allylic oxidation sites excluding steroid dienone is 1. The SMILES string of the molecule is CC=C([O-])OCC.[Li+]. The molecule has 3 heteroatoms. The molecule has 0 N–H and O–H groups in total. The summed E-state index contributed by atoms with van der Waals surface area (Å²) < 4.78 is 4.50. The zero-order valence-electron chi connectivity index (χ0n) is 5.60. The molecule has 0 saturated heterocycles. The van der Waals surface area contributed by atoms with Crippen molar-refractivity contribution in [2.75, 3.05) is 6.61 Å². The molecule has 0 aromatic rings. The summed E-state index contributed by atoms with van der Waals surface area (Å²) in [5, 5.41) is 10.1. The molecule has 0 radical (unpaired) electrons. The molecule has 0 rings (SSSR count). The zero-order chi connectivity index (χ0) is 5.70. The third kappa shape index (κ3) is 5.94. The van der Waals surface area contributed by atoms with Crippen LogP contribution in [0.3, 0.4) is 0 Å². The molecule has 0 amide bonds. The second-order valence-electron chi connectivity index (χ2n) is 1.04. The molecule has 0 unspecified atom stereocenters. The molecule has 8 heavy (non-hydrogen) atoms. The van der Waals surface area contributed by atoms with Gasteiger partial charge in [0.25, 0.3) is 0 Å². The normalized spacial score (nSPS) is 10.0. The first-order chi connectivity index (χ1) is 3.31. The monoisotopic (exact) mass is 108 g/mol. The van der Waals surface area contributed by atoms with Crippen LogP contribution in [0.25, 0.3) is 0 Å². The van der Waals surface area contributed by atoms with Gasteiger partial charge < -0.3 is 9.84 Å². The second kappa shape index (κ2) is 6.94. The van der Waals surface area contributed by atoms with Gasteiger partial charge in [0.1, 0.15) is 0 Å². The molecule has 0 bridgehead atoms. The summed E-state index contributed by atoms with van der Waals surface area (Å²) in [6, 6.07) is 0. The molecule has 2 nitrogen and oxygen atoms in total. The largest absolute Gasteiger partial charge is 1.00 e. The summed E-state index contributed by atoms with van der Waals surface area (Å²) >= 11 is 0. The van der Waals surface area contributed by atoms with E-state index in [1.807, 2.05) is 0 Å². The Labute approximate surface area is 61.7 Å². The smallest absolute Gasteiger partial charge is 0.614 e. The minimum absolute atomic E-state index is 0. The van der Waals surface area contributed by atoms with E-state index in [1.165, 1.54) is 6.08 Å². The Morgan fingerprint density at radius 2 is 2.25 bits per heavy atom. The van der Waals surface area contributed by atoms with Crippen molar-refractivity contribution in [1.29, 1.82) is 0 Å².